The molecule has 6 nitrogen and oxygen atoms in total. The highest BCUT2D eigenvalue weighted by atomic mass is 16.5. The van der Waals surface area contributed by atoms with Crippen LogP contribution in [0.3, 0.4) is 0 Å². The van der Waals surface area contributed by atoms with Gasteiger partial charge in [-0.25, -0.2) is 11.4 Å². The summed E-state index contributed by atoms with van der Waals surface area (Å²) in [5.74, 6) is -1.09. The summed E-state index contributed by atoms with van der Waals surface area (Å²) in [7, 11) is 0. The van der Waals surface area contributed by atoms with E-state index in [2.05, 4.69) is 20.2 Å². The zero-order valence-corrected chi connectivity index (χ0v) is 10.1. The lowest BCUT2D eigenvalue weighted by Crippen LogP contribution is -2.12. The van der Waals surface area contributed by atoms with Gasteiger partial charge < -0.3 is 15.3 Å². The van der Waals surface area contributed by atoms with Crippen molar-refractivity contribution in [2.75, 3.05) is 13.2 Å². The number of nitrogens with zero attached hydrogens (tertiary/aromatic N) is 2. The third kappa shape index (κ3) is 9.95. The number of hydrogen-bond donors (Lipinski definition) is 1. The number of rotatable bonds is 3. The Kier molecular flexibility index (Phi) is 10.2. The quantitative estimate of drug-likeness (QED) is 0.454. The zero-order chi connectivity index (χ0) is 13.8. The number of primary amides is 1. The van der Waals surface area contributed by atoms with Crippen LogP contribution in [-0.4, -0.2) is 25.0 Å². The molecule has 0 radical (unpaired) electrons. The summed E-state index contributed by atoms with van der Waals surface area (Å²) in [5.41, 5.74) is 5.33. The van der Waals surface area contributed by atoms with Crippen molar-refractivity contribution in [1.82, 2.24) is 0 Å². The molecule has 17 heavy (non-hydrogen) atoms. The average molecular weight is 237 g/mol. The van der Waals surface area contributed by atoms with E-state index in [0.29, 0.717) is 12.2 Å². The second-order valence-corrected chi connectivity index (χ2v) is 2.96. The number of carbonyl (C=O) groups excluding carboxylic acids is 2. The molecule has 0 aromatic heterocycles. The molecule has 0 aliphatic carbocycles. The maximum absolute atomic E-state index is 10.9. The second kappa shape index (κ2) is 10.2. The molecule has 0 spiro atoms. The SMILES string of the molecule is [C-]#[N+]C(C(=O)OCC)=C(C)C.[C-]#[N+]CC(N)=O. The van der Waals surface area contributed by atoms with Gasteiger partial charge in [-0.15, -0.1) is 0 Å². The summed E-state index contributed by atoms with van der Waals surface area (Å²) in [4.78, 5) is 26.3. The first-order valence-corrected chi connectivity index (χ1v) is 4.74. The van der Waals surface area contributed by atoms with E-state index in [0.717, 1.165) is 0 Å². The van der Waals surface area contributed by atoms with Crippen molar-refractivity contribution in [3.05, 3.63) is 34.1 Å². The number of amides is 1. The maximum atomic E-state index is 10.9. The van der Waals surface area contributed by atoms with Crippen molar-refractivity contribution >= 4 is 11.9 Å². The first-order valence-electron chi connectivity index (χ1n) is 4.74. The Bertz CT molecular complexity index is 382. The number of ether oxygens (including phenoxy) is 1. The van der Waals surface area contributed by atoms with E-state index in [-0.39, 0.29) is 12.2 Å². The highest BCUT2D eigenvalue weighted by molar-refractivity contribution is 5.91. The van der Waals surface area contributed by atoms with Crippen molar-refractivity contribution in [2.45, 2.75) is 20.8 Å². The van der Waals surface area contributed by atoms with E-state index in [1.54, 1.807) is 20.8 Å². The average Bonchev–Trinajstić information content (AvgIpc) is 2.18. The van der Waals surface area contributed by atoms with Gasteiger partial charge in [-0.3, -0.25) is 9.59 Å². The van der Waals surface area contributed by atoms with E-state index < -0.39 is 11.9 Å². The van der Waals surface area contributed by atoms with Gasteiger partial charge in [0.2, 0.25) is 0 Å². The largest absolute Gasteiger partial charge is 0.471 e. The van der Waals surface area contributed by atoms with Crippen LogP contribution in [0.5, 0.6) is 0 Å². The monoisotopic (exact) mass is 237 g/mol. The van der Waals surface area contributed by atoms with E-state index in [1.165, 1.54) is 0 Å². The minimum absolute atomic E-state index is 0.0897. The molecule has 0 saturated heterocycles. The number of hydrogen-bond acceptors (Lipinski definition) is 3. The molecule has 0 saturated carbocycles. The number of carbonyl (C=O) groups is 2. The first-order chi connectivity index (χ1) is 7.90. The molecule has 0 bridgehead atoms. The lowest BCUT2D eigenvalue weighted by molar-refractivity contribution is -0.138. The van der Waals surface area contributed by atoms with Crippen LogP contribution >= 0.6 is 0 Å². The molecule has 92 valence electrons. The molecule has 0 atom stereocenters. The molecule has 6 heteroatoms. The van der Waals surface area contributed by atoms with Gasteiger partial charge in [0, 0.05) is 0 Å². The highest BCUT2D eigenvalue weighted by Crippen LogP contribution is 2.06. The topological polar surface area (TPSA) is 78.1 Å². The standard InChI is InChI=1S/C8H11NO2.C3H4N2O/c1-5-11-8(10)7(9-4)6(2)3;1-5-2-3(4)6/h5H2,1-3H3;2H2,(H2,4,6). The molecule has 0 rings (SSSR count). The Balaban J connectivity index is 0. The molecule has 0 aromatic carbocycles. The minimum Gasteiger partial charge on any atom is -0.471 e. The minimum atomic E-state index is -0.565. The Labute approximate surface area is 101 Å². The van der Waals surface area contributed by atoms with Gasteiger partial charge in [-0.05, 0) is 6.92 Å². The summed E-state index contributed by atoms with van der Waals surface area (Å²) in [6.07, 6.45) is 0. The van der Waals surface area contributed by atoms with Crippen LogP contribution in [0.4, 0.5) is 0 Å². The molecular weight excluding hydrogens is 222 g/mol. The smallest absolute Gasteiger partial charge is 0.336 e. The Morgan fingerprint density at radius 3 is 2.00 bits per heavy atom. The molecule has 0 unspecified atom stereocenters. The summed E-state index contributed by atoms with van der Waals surface area (Å²) < 4.78 is 4.65. The van der Waals surface area contributed by atoms with Crippen molar-refractivity contribution in [3.8, 4) is 0 Å². The second-order valence-electron chi connectivity index (χ2n) is 2.96. The Morgan fingerprint density at radius 1 is 1.29 bits per heavy atom. The van der Waals surface area contributed by atoms with Crippen LogP contribution in [0.2, 0.25) is 0 Å². The van der Waals surface area contributed by atoms with Crippen molar-refractivity contribution in [2.24, 2.45) is 5.73 Å². The normalized spacial score (nSPS) is 7.59. The number of esters is 1. The Hall–Kier alpha value is -2.34. The van der Waals surface area contributed by atoms with Gasteiger partial charge in [0.05, 0.1) is 13.2 Å². The molecule has 0 aliphatic heterocycles. The fourth-order valence-corrected chi connectivity index (χ4v) is 0.639. The van der Waals surface area contributed by atoms with Crippen molar-refractivity contribution < 1.29 is 14.3 Å². The fraction of sp³-hybridized carbons (Fsp3) is 0.455. The molecular formula is C11H15N3O3. The van der Waals surface area contributed by atoms with Crippen LogP contribution in [0, 0.1) is 13.1 Å². The van der Waals surface area contributed by atoms with Crippen molar-refractivity contribution in [1.29, 1.82) is 0 Å². The predicted molar refractivity (Wildman–Crippen MR) is 62.3 cm³/mol. The summed E-state index contributed by atoms with van der Waals surface area (Å²) in [5, 5.41) is 0. The fourth-order valence-electron chi connectivity index (χ4n) is 0.639. The van der Waals surface area contributed by atoms with Crippen LogP contribution in [0.25, 0.3) is 9.69 Å². The third-order valence-electron chi connectivity index (χ3n) is 1.29. The zero-order valence-electron chi connectivity index (χ0n) is 10.1. The molecule has 0 fully saturated rings. The first kappa shape index (κ1) is 17.1. The molecule has 0 aromatic rings. The van der Waals surface area contributed by atoms with Gasteiger partial charge in [-0.1, -0.05) is 19.4 Å². The summed E-state index contributed by atoms with van der Waals surface area (Å²) >= 11 is 0. The molecule has 0 heterocycles. The lowest BCUT2D eigenvalue weighted by Gasteiger charge is -1.99. The van der Waals surface area contributed by atoms with Gasteiger partial charge in [-0.2, -0.15) is 0 Å². The van der Waals surface area contributed by atoms with Crippen molar-refractivity contribution in [3.63, 3.8) is 0 Å². The summed E-state index contributed by atoms with van der Waals surface area (Å²) in [6, 6.07) is 0. The highest BCUT2D eigenvalue weighted by Gasteiger charge is 2.11. The maximum Gasteiger partial charge on any atom is 0.336 e. The van der Waals surface area contributed by atoms with Gasteiger partial charge >= 0.3 is 5.97 Å². The van der Waals surface area contributed by atoms with Crippen LogP contribution in [-0.2, 0) is 14.3 Å². The molecule has 2 N–H and O–H groups in total. The molecule has 1 amide bonds. The van der Waals surface area contributed by atoms with E-state index in [1.807, 2.05) is 0 Å². The van der Waals surface area contributed by atoms with Crippen LogP contribution < -0.4 is 5.73 Å². The van der Waals surface area contributed by atoms with E-state index >= 15 is 0 Å². The van der Waals surface area contributed by atoms with Gasteiger partial charge in [0.15, 0.2) is 0 Å². The van der Waals surface area contributed by atoms with Gasteiger partial charge in [0.1, 0.15) is 0 Å². The van der Waals surface area contributed by atoms with Crippen LogP contribution in [0.1, 0.15) is 20.8 Å². The predicted octanol–water partition coefficient (Wildman–Crippen LogP) is 1.15. The van der Waals surface area contributed by atoms with E-state index in [4.69, 9.17) is 13.1 Å². The number of nitrogens with two attached hydrogens (primary N) is 1. The number of allylic oxidation sites excluding steroid dienone is 1. The Morgan fingerprint density at radius 2 is 1.82 bits per heavy atom. The molecule has 0 aliphatic rings. The summed E-state index contributed by atoms with van der Waals surface area (Å²) in [6.45, 7) is 18.0. The van der Waals surface area contributed by atoms with E-state index in [9.17, 15) is 9.59 Å². The third-order valence-corrected chi connectivity index (χ3v) is 1.29. The lowest BCUT2D eigenvalue weighted by atomic mass is 10.3. The van der Waals surface area contributed by atoms with Gasteiger partial charge in [0.25, 0.3) is 18.1 Å². The van der Waals surface area contributed by atoms with Crippen LogP contribution in [0.15, 0.2) is 11.3 Å².